The van der Waals surface area contributed by atoms with Crippen LogP contribution >= 0.6 is 12.4 Å². The van der Waals surface area contributed by atoms with Gasteiger partial charge in [-0.3, -0.25) is 4.79 Å². The van der Waals surface area contributed by atoms with Crippen LogP contribution in [0.3, 0.4) is 0 Å². The molecule has 0 saturated carbocycles. The third kappa shape index (κ3) is 3.31. The van der Waals surface area contributed by atoms with Crippen molar-refractivity contribution in [2.75, 3.05) is 13.6 Å². The standard InChI is InChI=1S/C16H22N4O.ClH/c1-11-7-5-6-8-15(11)20-13(3)14(10-18-20)16(21)19(4)12(2)9-17;/h5-8,10,12H,9,17H2,1-4H3;1H. The van der Waals surface area contributed by atoms with Gasteiger partial charge in [-0.2, -0.15) is 5.10 Å². The maximum atomic E-state index is 12.5. The van der Waals surface area contributed by atoms with Gasteiger partial charge in [0.1, 0.15) is 0 Å². The summed E-state index contributed by atoms with van der Waals surface area (Å²) in [6, 6.07) is 7.98. The molecule has 1 heterocycles. The number of aromatic nitrogens is 2. The molecule has 22 heavy (non-hydrogen) atoms. The van der Waals surface area contributed by atoms with Gasteiger partial charge in [-0.15, -0.1) is 12.4 Å². The molecule has 0 bridgehead atoms. The first-order chi connectivity index (χ1) is 9.97. The van der Waals surface area contributed by atoms with Gasteiger partial charge < -0.3 is 10.6 Å². The Balaban J connectivity index is 0.00000242. The summed E-state index contributed by atoms with van der Waals surface area (Å²) in [5.74, 6) is -0.0507. The topological polar surface area (TPSA) is 64.2 Å². The summed E-state index contributed by atoms with van der Waals surface area (Å²) in [6.07, 6.45) is 1.63. The van der Waals surface area contributed by atoms with Gasteiger partial charge >= 0.3 is 0 Å². The Kier molecular flexibility index (Phi) is 6.14. The summed E-state index contributed by atoms with van der Waals surface area (Å²) < 4.78 is 1.81. The highest BCUT2D eigenvalue weighted by molar-refractivity contribution is 5.95. The molecule has 0 saturated heterocycles. The second-order valence-corrected chi connectivity index (χ2v) is 5.34. The second kappa shape index (κ2) is 7.42. The van der Waals surface area contributed by atoms with Crippen molar-refractivity contribution in [3.63, 3.8) is 0 Å². The Morgan fingerprint density at radius 3 is 2.59 bits per heavy atom. The van der Waals surface area contributed by atoms with Gasteiger partial charge in [0, 0.05) is 19.6 Å². The lowest BCUT2D eigenvalue weighted by Crippen LogP contribution is -2.39. The number of likely N-dealkylation sites (N-methyl/N-ethyl adjacent to an activating group) is 1. The molecule has 0 aliphatic heterocycles. The van der Waals surface area contributed by atoms with Gasteiger partial charge in [0.2, 0.25) is 0 Å². The fourth-order valence-electron chi connectivity index (χ4n) is 2.21. The average molecular weight is 323 g/mol. The zero-order chi connectivity index (χ0) is 15.6. The number of hydrogen-bond donors (Lipinski definition) is 1. The summed E-state index contributed by atoms with van der Waals surface area (Å²) in [5, 5.41) is 4.37. The van der Waals surface area contributed by atoms with Crippen LogP contribution in [-0.4, -0.2) is 40.2 Å². The number of amides is 1. The highest BCUT2D eigenvalue weighted by Gasteiger charge is 2.21. The average Bonchev–Trinajstić information content (AvgIpc) is 2.87. The van der Waals surface area contributed by atoms with Gasteiger partial charge in [-0.1, -0.05) is 18.2 Å². The zero-order valence-corrected chi connectivity index (χ0v) is 14.2. The van der Waals surface area contributed by atoms with Gasteiger partial charge in [-0.25, -0.2) is 4.68 Å². The molecule has 6 heteroatoms. The third-order valence-corrected chi connectivity index (χ3v) is 3.91. The minimum Gasteiger partial charge on any atom is -0.338 e. The molecule has 0 spiro atoms. The number of nitrogens with two attached hydrogens (primary N) is 1. The van der Waals surface area contributed by atoms with Crippen LogP contribution < -0.4 is 5.73 Å². The van der Waals surface area contributed by atoms with Crippen molar-refractivity contribution in [1.82, 2.24) is 14.7 Å². The molecule has 2 aromatic rings. The van der Waals surface area contributed by atoms with E-state index in [4.69, 9.17) is 5.73 Å². The van der Waals surface area contributed by atoms with Crippen molar-refractivity contribution < 1.29 is 4.79 Å². The molecule has 1 atom stereocenters. The van der Waals surface area contributed by atoms with Crippen LogP contribution in [0.1, 0.15) is 28.5 Å². The predicted octanol–water partition coefficient (Wildman–Crippen LogP) is 2.33. The van der Waals surface area contributed by atoms with Gasteiger partial charge in [0.25, 0.3) is 5.91 Å². The predicted molar refractivity (Wildman–Crippen MR) is 90.9 cm³/mol. The number of halogens is 1. The fraction of sp³-hybridized carbons (Fsp3) is 0.375. The minimum absolute atomic E-state index is 0. The monoisotopic (exact) mass is 322 g/mol. The summed E-state index contributed by atoms with van der Waals surface area (Å²) in [4.78, 5) is 14.2. The Labute approximate surface area is 137 Å². The Morgan fingerprint density at radius 2 is 2.00 bits per heavy atom. The van der Waals surface area contributed by atoms with Gasteiger partial charge in [-0.05, 0) is 32.4 Å². The zero-order valence-electron chi connectivity index (χ0n) is 13.4. The van der Waals surface area contributed by atoms with Crippen LogP contribution in [0.15, 0.2) is 30.5 Å². The molecular formula is C16H23ClN4O. The van der Waals surface area contributed by atoms with Crippen LogP contribution in [-0.2, 0) is 0 Å². The van der Waals surface area contributed by atoms with Crippen LogP contribution in [0.25, 0.3) is 5.69 Å². The van der Waals surface area contributed by atoms with Crippen molar-refractivity contribution in [3.05, 3.63) is 47.3 Å². The van der Waals surface area contributed by atoms with E-state index < -0.39 is 0 Å². The van der Waals surface area contributed by atoms with E-state index in [-0.39, 0.29) is 24.4 Å². The molecule has 2 N–H and O–H groups in total. The fourth-order valence-corrected chi connectivity index (χ4v) is 2.21. The number of carbonyl (C=O) groups excluding carboxylic acids is 1. The van der Waals surface area contributed by atoms with E-state index in [0.29, 0.717) is 12.1 Å². The largest absolute Gasteiger partial charge is 0.338 e. The minimum atomic E-state index is -0.0507. The maximum Gasteiger partial charge on any atom is 0.257 e. The molecular weight excluding hydrogens is 300 g/mol. The van der Waals surface area contributed by atoms with E-state index >= 15 is 0 Å². The van der Waals surface area contributed by atoms with E-state index in [1.165, 1.54) is 0 Å². The molecule has 5 nitrogen and oxygen atoms in total. The molecule has 0 aliphatic rings. The Hall–Kier alpha value is -1.85. The lowest BCUT2D eigenvalue weighted by Gasteiger charge is -2.23. The molecule has 0 radical (unpaired) electrons. The first-order valence-electron chi connectivity index (χ1n) is 7.05. The Bertz CT molecular complexity index is 653. The molecule has 1 aromatic heterocycles. The highest BCUT2D eigenvalue weighted by atomic mass is 35.5. The lowest BCUT2D eigenvalue weighted by atomic mass is 10.1. The smallest absolute Gasteiger partial charge is 0.257 e. The van der Waals surface area contributed by atoms with Gasteiger partial charge in [0.05, 0.1) is 23.1 Å². The highest BCUT2D eigenvalue weighted by Crippen LogP contribution is 2.18. The first-order valence-corrected chi connectivity index (χ1v) is 7.05. The number of aryl methyl sites for hydroxylation is 1. The lowest BCUT2D eigenvalue weighted by molar-refractivity contribution is 0.0747. The normalized spacial score (nSPS) is 11.7. The van der Waals surface area contributed by atoms with E-state index in [1.807, 2.05) is 49.7 Å². The van der Waals surface area contributed by atoms with Crippen LogP contribution in [0.4, 0.5) is 0 Å². The van der Waals surface area contributed by atoms with Crippen molar-refractivity contribution in [1.29, 1.82) is 0 Å². The molecule has 1 amide bonds. The number of para-hydroxylation sites is 1. The Morgan fingerprint density at radius 1 is 1.36 bits per heavy atom. The molecule has 0 fully saturated rings. The van der Waals surface area contributed by atoms with Crippen molar-refractivity contribution >= 4 is 18.3 Å². The summed E-state index contributed by atoms with van der Waals surface area (Å²) in [7, 11) is 1.77. The van der Waals surface area contributed by atoms with Crippen molar-refractivity contribution in [2.45, 2.75) is 26.8 Å². The third-order valence-electron chi connectivity index (χ3n) is 3.91. The molecule has 1 unspecified atom stereocenters. The quantitative estimate of drug-likeness (QED) is 0.939. The van der Waals surface area contributed by atoms with Gasteiger partial charge in [0.15, 0.2) is 0 Å². The summed E-state index contributed by atoms with van der Waals surface area (Å²) in [5.41, 5.74) is 9.19. The van der Waals surface area contributed by atoms with E-state index in [9.17, 15) is 4.79 Å². The van der Waals surface area contributed by atoms with E-state index in [2.05, 4.69) is 5.10 Å². The SMILES string of the molecule is Cc1ccccc1-n1ncc(C(=O)N(C)C(C)CN)c1C.Cl. The molecule has 120 valence electrons. The number of carbonyl (C=O) groups is 1. The van der Waals surface area contributed by atoms with Crippen molar-refractivity contribution in [3.8, 4) is 5.69 Å². The number of hydrogen-bond acceptors (Lipinski definition) is 3. The summed E-state index contributed by atoms with van der Waals surface area (Å²) in [6.45, 7) is 6.31. The van der Waals surface area contributed by atoms with Crippen molar-refractivity contribution in [2.24, 2.45) is 5.73 Å². The van der Waals surface area contributed by atoms with Crippen LogP contribution in [0.2, 0.25) is 0 Å². The summed E-state index contributed by atoms with van der Waals surface area (Å²) >= 11 is 0. The molecule has 2 rings (SSSR count). The number of nitrogens with zero attached hydrogens (tertiary/aromatic N) is 3. The van der Waals surface area contributed by atoms with E-state index in [1.54, 1.807) is 18.1 Å². The molecule has 0 aliphatic carbocycles. The number of rotatable bonds is 4. The number of benzene rings is 1. The van der Waals surface area contributed by atoms with Crippen LogP contribution in [0, 0.1) is 13.8 Å². The van der Waals surface area contributed by atoms with Crippen LogP contribution in [0.5, 0.6) is 0 Å². The maximum absolute atomic E-state index is 12.5. The van der Waals surface area contributed by atoms with E-state index in [0.717, 1.165) is 16.9 Å². The first kappa shape index (κ1) is 18.2. The second-order valence-electron chi connectivity index (χ2n) is 5.34. The molecule has 1 aromatic carbocycles.